The van der Waals surface area contributed by atoms with Crippen molar-refractivity contribution >= 4 is 11.6 Å². The van der Waals surface area contributed by atoms with Gasteiger partial charge in [0.05, 0.1) is 6.07 Å². The van der Waals surface area contributed by atoms with Crippen molar-refractivity contribution < 1.29 is 0 Å². The maximum atomic E-state index is 9.03. The van der Waals surface area contributed by atoms with E-state index in [4.69, 9.17) is 16.9 Å². The first-order chi connectivity index (χ1) is 10.4. The number of nitriles is 1. The Morgan fingerprint density at radius 3 is 2.00 bits per heavy atom. The Morgan fingerprint density at radius 2 is 1.50 bits per heavy atom. The van der Waals surface area contributed by atoms with Crippen LogP contribution in [0.1, 0.15) is 60.3 Å². The fourth-order valence-corrected chi connectivity index (χ4v) is 2.03. The van der Waals surface area contributed by atoms with Crippen molar-refractivity contribution in [2.45, 2.75) is 60.3 Å². The van der Waals surface area contributed by atoms with Crippen LogP contribution in [0.5, 0.6) is 0 Å². The SMILES string of the molecule is CC(=CCCC(C)=CCCC(C)=CC=C(C#N)C(C)C)CCl. The zero-order valence-electron chi connectivity index (χ0n) is 14.7. The Bertz CT molecular complexity index is 484. The summed E-state index contributed by atoms with van der Waals surface area (Å²) >= 11 is 5.75. The third kappa shape index (κ3) is 10.5. The first-order valence-corrected chi connectivity index (χ1v) is 8.58. The fourth-order valence-electron chi connectivity index (χ4n) is 1.92. The number of allylic oxidation sites excluding steroid dienone is 8. The van der Waals surface area contributed by atoms with E-state index in [2.05, 4.69) is 45.1 Å². The van der Waals surface area contributed by atoms with Crippen LogP contribution in [0.2, 0.25) is 0 Å². The van der Waals surface area contributed by atoms with Crippen molar-refractivity contribution in [3.63, 3.8) is 0 Å². The highest BCUT2D eigenvalue weighted by atomic mass is 35.5. The molecule has 0 aliphatic rings. The summed E-state index contributed by atoms with van der Waals surface area (Å²) in [7, 11) is 0. The number of halogens is 1. The monoisotopic (exact) mass is 319 g/mol. The highest BCUT2D eigenvalue weighted by Crippen LogP contribution is 2.13. The van der Waals surface area contributed by atoms with E-state index < -0.39 is 0 Å². The number of hydrogen-bond donors (Lipinski definition) is 0. The average molecular weight is 320 g/mol. The van der Waals surface area contributed by atoms with Crippen molar-refractivity contribution in [1.82, 2.24) is 0 Å². The van der Waals surface area contributed by atoms with Crippen molar-refractivity contribution in [3.8, 4) is 6.07 Å². The molecular formula is C20H30ClN. The smallest absolute Gasteiger partial charge is 0.0949 e. The van der Waals surface area contributed by atoms with Gasteiger partial charge >= 0.3 is 0 Å². The zero-order chi connectivity index (χ0) is 17.0. The first kappa shape index (κ1) is 20.7. The molecule has 0 aromatic rings. The van der Waals surface area contributed by atoms with Gasteiger partial charge < -0.3 is 0 Å². The molecular weight excluding hydrogens is 290 g/mol. The quantitative estimate of drug-likeness (QED) is 0.200. The van der Waals surface area contributed by atoms with Gasteiger partial charge in [-0.05, 0) is 58.4 Å². The predicted octanol–water partition coefficient (Wildman–Crippen LogP) is 6.73. The van der Waals surface area contributed by atoms with Crippen molar-refractivity contribution in [1.29, 1.82) is 5.26 Å². The number of alkyl halides is 1. The van der Waals surface area contributed by atoms with Gasteiger partial charge in [-0.1, -0.05) is 48.8 Å². The van der Waals surface area contributed by atoms with Gasteiger partial charge in [-0.3, -0.25) is 0 Å². The summed E-state index contributed by atoms with van der Waals surface area (Å²) in [4.78, 5) is 0. The Balaban J connectivity index is 4.28. The third-order valence-electron chi connectivity index (χ3n) is 3.57. The number of rotatable bonds is 9. The Labute approximate surface area is 142 Å². The van der Waals surface area contributed by atoms with Crippen molar-refractivity contribution in [2.24, 2.45) is 5.92 Å². The van der Waals surface area contributed by atoms with Crippen molar-refractivity contribution in [3.05, 3.63) is 46.6 Å². The van der Waals surface area contributed by atoms with E-state index >= 15 is 0 Å². The molecule has 0 heterocycles. The summed E-state index contributed by atoms with van der Waals surface area (Å²) < 4.78 is 0. The van der Waals surface area contributed by atoms with Crippen LogP contribution in [-0.2, 0) is 0 Å². The van der Waals surface area contributed by atoms with Gasteiger partial charge in [0.2, 0.25) is 0 Å². The lowest BCUT2D eigenvalue weighted by atomic mass is 10.0. The van der Waals surface area contributed by atoms with E-state index in [1.807, 2.05) is 19.9 Å². The molecule has 0 aliphatic heterocycles. The molecule has 0 saturated carbocycles. The molecule has 0 rings (SSSR count). The molecule has 0 atom stereocenters. The summed E-state index contributed by atoms with van der Waals surface area (Å²) in [5.74, 6) is 0.919. The standard InChI is InChI=1S/C20H30ClN/c1-16(2)20(15-22)13-12-18(4)10-6-8-17(3)9-7-11-19(5)14-21/h8,11-13,16H,6-7,9-10,14H2,1-5H3. The molecule has 0 aliphatic carbocycles. The minimum Gasteiger partial charge on any atom is -0.193 e. The summed E-state index contributed by atoms with van der Waals surface area (Å²) in [6.07, 6.45) is 12.8. The van der Waals surface area contributed by atoms with Crippen LogP contribution in [0.4, 0.5) is 0 Å². The lowest BCUT2D eigenvalue weighted by Crippen LogP contribution is -1.89. The number of nitrogens with zero attached hydrogens (tertiary/aromatic N) is 1. The van der Waals surface area contributed by atoms with Crippen LogP contribution in [0, 0.1) is 17.2 Å². The van der Waals surface area contributed by atoms with Gasteiger partial charge in [0.15, 0.2) is 0 Å². The molecule has 0 saturated heterocycles. The highest BCUT2D eigenvalue weighted by molar-refractivity contribution is 6.19. The van der Waals surface area contributed by atoms with Gasteiger partial charge in [-0.15, -0.1) is 11.6 Å². The van der Waals surface area contributed by atoms with Crippen LogP contribution in [-0.4, -0.2) is 5.88 Å². The van der Waals surface area contributed by atoms with Crippen molar-refractivity contribution in [2.75, 3.05) is 5.88 Å². The van der Waals surface area contributed by atoms with Gasteiger partial charge in [-0.2, -0.15) is 5.26 Å². The van der Waals surface area contributed by atoms with E-state index in [-0.39, 0.29) is 0 Å². The lowest BCUT2D eigenvalue weighted by molar-refractivity contribution is 0.795. The first-order valence-electron chi connectivity index (χ1n) is 8.05. The van der Waals surface area contributed by atoms with Gasteiger partial charge in [-0.25, -0.2) is 0 Å². The molecule has 0 unspecified atom stereocenters. The highest BCUT2D eigenvalue weighted by Gasteiger charge is 1.99. The van der Waals surface area contributed by atoms with E-state index in [9.17, 15) is 0 Å². The molecule has 0 bridgehead atoms. The molecule has 2 heteroatoms. The van der Waals surface area contributed by atoms with Crippen LogP contribution in [0.3, 0.4) is 0 Å². The van der Waals surface area contributed by atoms with Crippen LogP contribution in [0.25, 0.3) is 0 Å². The van der Waals surface area contributed by atoms with Crippen LogP contribution < -0.4 is 0 Å². The van der Waals surface area contributed by atoms with Crippen LogP contribution in [0.15, 0.2) is 46.6 Å². The largest absolute Gasteiger partial charge is 0.193 e. The van der Waals surface area contributed by atoms with Gasteiger partial charge in [0.1, 0.15) is 0 Å². The maximum Gasteiger partial charge on any atom is 0.0949 e. The normalized spacial score (nSPS) is 14.5. The fraction of sp³-hybridized carbons (Fsp3) is 0.550. The second-order valence-electron chi connectivity index (χ2n) is 6.21. The Kier molecular flexibility index (Phi) is 11.6. The third-order valence-corrected chi connectivity index (χ3v) is 3.99. The summed E-state index contributed by atoms with van der Waals surface area (Å²) in [5.41, 5.74) is 4.84. The minimum absolute atomic E-state index is 0.292. The van der Waals surface area contributed by atoms with Crippen LogP contribution >= 0.6 is 11.6 Å². The molecule has 122 valence electrons. The lowest BCUT2D eigenvalue weighted by Gasteiger charge is -2.02. The zero-order valence-corrected chi connectivity index (χ0v) is 15.5. The molecule has 0 aromatic heterocycles. The summed E-state index contributed by atoms with van der Waals surface area (Å²) in [6, 6.07) is 2.26. The molecule has 0 radical (unpaired) electrons. The number of hydrogen-bond acceptors (Lipinski definition) is 1. The van der Waals surface area contributed by atoms with E-state index in [0.717, 1.165) is 31.3 Å². The molecule has 22 heavy (non-hydrogen) atoms. The molecule has 0 aromatic carbocycles. The van der Waals surface area contributed by atoms with E-state index in [1.165, 1.54) is 16.7 Å². The second-order valence-corrected chi connectivity index (χ2v) is 6.48. The van der Waals surface area contributed by atoms with Gasteiger partial charge in [0.25, 0.3) is 0 Å². The van der Waals surface area contributed by atoms with E-state index in [1.54, 1.807) is 0 Å². The summed E-state index contributed by atoms with van der Waals surface area (Å²) in [5, 5.41) is 9.03. The summed E-state index contributed by atoms with van der Waals surface area (Å²) in [6.45, 7) is 10.5. The Morgan fingerprint density at radius 1 is 0.955 bits per heavy atom. The molecule has 0 fully saturated rings. The Hall–Kier alpha value is -1.26. The topological polar surface area (TPSA) is 23.8 Å². The molecule has 0 amide bonds. The molecule has 0 spiro atoms. The molecule has 1 nitrogen and oxygen atoms in total. The minimum atomic E-state index is 0.292. The second kappa shape index (κ2) is 12.3. The predicted molar refractivity (Wildman–Crippen MR) is 99.0 cm³/mol. The van der Waals surface area contributed by atoms with E-state index in [0.29, 0.717) is 11.8 Å². The van der Waals surface area contributed by atoms with Gasteiger partial charge in [0, 0.05) is 11.5 Å². The average Bonchev–Trinajstić information content (AvgIpc) is 2.47. The maximum absolute atomic E-state index is 9.03. The molecule has 0 N–H and O–H groups in total.